The van der Waals surface area contributed by atoms with E-state index in [0.717, 1.165) is 115 Å². The van der Waals surface area contributed by atoms with Crippen molar-refractivity contribution in [1.82, 2.24) is 0 Å². The van der Waals surface area contributed by atoms with Crippen molar-refractivity contribution in [3.63, 3.8) is 0 Å². The number of allylic oxidation sites excluding steroid dienone is 4. The molecule has 0 aromatic heterocycles. The Bertz CT molecular complexity index is 1760. The van der Waals surface area contributed by atoms with Crippen LogP contribution in [0.25, 0.3) is 0 Å². The fourth-order valence-electron chi connectivity index (χ4n) is 9.57. The molecule has 3 N–H and O–H groups in total. The highest BCUT2D eigenvalue weighted by atomic mass is 31.2. The van der Waals surface area contributed by atoms with Crippen LogP contribution >= 0.6 is 15.6 Å². The summed E-state index contributed by atoms with van der Waals surface area (Å²) in [7, 11) is -9.90. The highest BCUT2D eigenvalue weighted by Gasteiger charge is 2.30. The number of phosphoric acid groups is 2. The number of aliphatic hydroxyl groups is 1. The zero-order valence-corrected chi connectivity index (χ0v) is 56.7. The van der Waals surface area contributed by atoms with E-state index < -0.39 is 97.5 Å². The molecule has 0 aromatic carbocycles. The zero-order chi connectivity index (χ0) is 63.5. The molecule has 17 nitrogen and oxygen atoms in total. The van der Waals surface area contributed by atoms with Crippen molar-refractivity contribution in [1.29, 1.82) is 0 Å². The second kappa shape index (κ2) is 60.1. The Morgan fingerprint density at radius 3 is 0.953 bits per heavy atom. The minimum absolute atomic E-state index is 0.0845. The quantitative estimate of drug-likeness (QED) is 0.0169. The number of aliphatic hydroxyl groups excluding tert-OH is 1. The van der Waals surface area contributed by atoms with E-state index in [2.05, 4.69) is 58.9 Å². The summed E-state index contributed by atoms with van der Waals surface area (Å²) in [6.07, 6.45) is 48.0. The summed E-state index contributed by atoms with van der Waals surface area (Å²) in [5.74, 6) is -1.44. The first-order valence-electron chi connectivity index (χ1n) is 34.5. The molecule has 0 bridgehead atoms. The van der Waals surface area contributed by atoms with E-state index in [1.807, 2.05) is 0 Å². The van der Waals surface area contributed by atoms with Crippen LogP contribution in [-0.4, -0.2) is 96.7 Å². The molecule has 0 aliphatic rings. The lowest BCUT2D eigenvalue weighted by atomic mass is 10.0. The zero-order valence-electron chi connectivity index (χ0n) is 54.9. The minimum atomic E-state index is -4.96. The van der Waals surface area contributed by atoms with Gasteiger partial charge in [0, 0.05) is 25.7 Å². The van der Waals surface area contributed by atoms with Crippen LogP contribution in [-0.2, 0) is 65.4 Å². The van der Waals surface area contributed by atoms with E-state index in [4.69, 9.17) is 37.0 Å². The molecule has 0 fully saturated rings. The Kier molecular flexibility index (Phi) is 58.4. The maximum Gasteiger partial charge on any atom is 0.472 e. The first kappa shape index (κ1) is 83.5. The van der Waals surface area contributed by atoms with Gasteiger partial charge >= 0.3 is 39.5 Å². The summed E-state index contributed by atoms with van der Waals surface area (Å²) in [6.45, 7) is 7.10. The molecule has 0 radical (unpaired) electrons. The molecule has 0 saturated heterocycles. The smallest absolute Gasteiger partial charge is 0.462 e. The predicted molar refractivity (Wildman–Crippen MR) is 344 cm³/mol. The molecule has 506 valence electrons. The van der Waals surface area contributed by atoms with Gasteiger partial charge < -0.3 is 33.8 Å². The number of carbonyl (C=O) groups is 4. The average molecular weight is 1270 g/mol. The lowest BCUT2D eigenvalue weighted by Crippen LogP contribution is -2.30. The normalized spacial score (nSPS) is 14.3. The van der Waals surface area contributed by atoms with Gasteiger partial charge in [0.05, 0.1) is 26.4 Å². The van der Waals surface area contributed by atoms with Gasteiger partial charge in [0.2, 0.25) is 0 Å². The molecule has 5 atom stereocenters. The van der Waals surface area contributed by atoms with Crippen molar-refractivity contribution in [2.75, 3.05) is 39.6 Å². The van der Waals surface area contributed by atoms with E-state index in [1.54, 1.807) is 0 Å². The highest BCUT2D eigenvalue weighted by Crippen LogP contribution is 2.45. The van der Waals surface area contributed by atoms with Crippen LogP contribution in [0.5, 0.6) is 0 Å². The number of esters is 4. The second-order valence-corrected chi connectivity index (χ2v) is 26.9. The van der Waals surface area contributed by atoms with Crippen molar-refractivity contribution in [3.05, 3.63) is 24.3 Å². The number of hydrogen-bond donors (Lipinski definition) is 3. The van der Waals surface area contributed by atoms with Crippen LogP contribution in [0.4, 0.5) is 0 Å². The van der Waals surface area contributed by atoms with Crippen LogP contribution < -0.4 is 0 Å². The Hall–Kier alpha value is -2.46. The first-order chi connectivity index (χ1) is 41.5. The van der Waals surface area contributed by atoms with Crippen molar-refractivity contribution in [2.45, 2.75) is 335 Å². The Morgan fingerprint density at radius 1 is 0.360 bits per heavy atom. The SMILES string of the molecule is CCCCCC/C=C\C=C/CCCCCCCC(=O)O[C@H](COC(=O)CCCCCCCCCCC(C)C)COP(=O)(O)OC[C@@H](O)COP(=O)(O)OC[C@@H](COC(=O)CCCCCCCCCCC)OC(=O)CCCCCCCCCCCCC. The van der Waals surface area contributed by atoms with Gasteiger partial charge in [0.15, 0.2) is 12.2 Å². The fraction of sp³-hybridized carbons (Fsp3) is 0.881. The van der Waals surface area contributed by atoms with Crippen LogP contribution in [0, 0.1) is 5.92 Å². The average Bonchev–Trinajstić information content (AvgIpc) is 3.65. The summed E-state index contributed by atoms with van der Waals surface area (Å²) in [5.41, 5.74) is 0. The van der Waals surface area contributed by atoms with Crippen LogP contribution in [0.1, 0.15) is 317 Å². The summed E-state index contributed by atoms with van der Waals surface area (Å²) in [6, 6.07) is 0. The summed E-state index contributed by atoms with van der Waals surface area (Å²) in [4.78, 5) is 72.3. The maximum atomic E-state index is 13.0. The van der Waals surface area contributed by atoms with Gasteiger partial charge in [-0.05, 0) is 57.3 Å². The molecule has 0 aliphatic carbocycles. The summed E-state index contributed by atoms with van der Waals surface area (Å²) in [5, 5.41) is 10.5. The van der Waals surface area contributed by atoms with Gasteiger partial charge in [-0.1, -0.05) is 264 Å². The molecular weight excluding hydrogens is 1140 g/mol. The van der Waals surface area contributed by atoms with E-state index in [0.29, 0.717) is 25.7 Å². The number of rotatable bonds is 65. The van der Waals surface area contributed by atoms with E-state index in [1.165, 1.54) is 122 Å². The molecule has 0 amide bonds. The molecule has 0 aromatic rings. The number of carbonyl (C=O) groups excluding carboxylic acids is 4. The first-order valence-corrected chi connectivity index (χ1v) is 37.4. The van der Waals surface area contributed by atoms with Crippen molar-refractivity contribution in [3.8, 4) is 0 Å². The second-order valence-electron chi connectivity index (χ2n) is 24.0. The van der Waals surface area contributed by atoms with Crippen LogP contribution in [0.3, 0.4) is 0 Å². The van der Waals surface area contributed by atoms with Crippen molar-refractivity contribution in [2.24, 2.45) is 5.92 Å². The molecular formula is C67H126O17P2. The van der Waals surface area contributed by atoms with Gasteiger partial charge in [-0.15, -0.1) is 0 Å². The van der Waals surface area contributed by atoms with Crippen molar-refractivity contribution >= 4 is 39.5 Å². The van der Waals surface area contributed by atoms with Gasteiger partial charge in [0.25, 0.3) is 0 Å². The van der Waals surface area contributed by atoms with E-state index in [-0.39, 0.29) is 25.7 Å². The number of hydrogen-bond acceptors (Lipinski definition) is 15. The molecule has 0 aliphatic heterocycles. The summed E-state index contributed by atoms with van der Waals surface area (Å²) >= 11 is 0. The van der Waals surface area contributed by atoms with Gasteiger partial charge in [0.1, 0.15) is 19.3 Å². The largest absolute Gasteiger partial charge is 0.472 e. The monoisotopic (exact) mass is 1260 g/mol. The molecule has 0 saturated carbocycles. The molecule has 0 rings (SSSR count). The van der Waals surface area contributed by atoms with Crippen molar-refractivity contribution < 1.29 is 80.2 Å². The topological polar surface area (TPSA) is 237 Å². The van der Waals surface area contributed by atoms with Gasteiger partial charge in [-0.3, -0.25) is 37.3 Å². The number of ether oxygens (including phenoxy) is 4. The third kappa shape index (κ3) is 60.5. The lowest BCUT2D eigenvalue weighted by Gasteiger charge is -2.21. The number of phosphoric ester groups is 2. The molecule has 0 spiro atoms. The third-order valence-electron chi connectivity index (χ3n) is 14.9. The maximum absolute atomic E-state index is 13.0. The minimum Gasteiger partial charge on any atom is -0.462 e. The Morgan fingerprint density at radius 2 is 0.628 bits per heavy atom. The van der Waals surface area contributed by atoms with E-state index in [9.17, 15) is 43.2 Å². The predicted octanol–water partition coefficient (Wildman–Crippen LogP) is 18.5. The Labute approximate surface area is 522 Å². The van der Waals surface area contributed by atoms with E-state index >= 15 is 0 Å². The lowest BCUT2D eigenvalue weighted by molar-refractivity contribution is -0.161. The fourth-order valence-corrected chi connectivity index (χ4v) is 11.2. The molecule has 0 heterocycles. The van der Waals surface area contributed by atoms with Crippen LogP contribution in [0.15, 0.2) is 24.3 Å². The highest BCUT2D eigenvalue weighted by molar-refractivity contribution is 7.47. The number of unbranched alkanes of at least 4 members (excludes halogenated alkanes) is 34. The molecule has 19 heteroatoms. The third-order valence-corrected chi connectivity index (χ3v) is 16.8. The molecule has 2 unspecified atom stereocenters. The summed E-state index contributed by atoms with van der Waals surface area (Å²) < 4.78 is 68.0. The molecule has 86 heavy (non-hydrogen) atoms. The Balaban J connectivity index is 5.27. The van der Waals surface area contributed by atoms with Gasteiger partial charge in [-0.25, -0.2) is 9.13 Å². The van der Waals surface area contributed by atoms with Gasteiger partial charge in [-0.2, -0.15) is 0 Å². The standard InChI is InChI=1S/C67H126O17P2/c1-6-9-12-15-18-21-23-24-25-26-28-31-38-43-48-53-67(72)84-63(57-78-65(70)51-46-41-36-33-32-34-39-44-49-60(4)5)59-82-86(75,76)80-55-61(68)54-79-85(73,74)81-58-62(56-77-64(69)50-45-40-35-29-20-17-14-11-8-3)83-66(71)52-47-42-37-30-27-22-19-16-13-10-7-2/h21,23-25,60-63,68H,6-20,22,26-59H2,1-5H3,(H,73,74)(H,75,76)/b23-21-,25-24-/t61-,62+,63+/m0/s1. The van der Waals surface area contributed by atoms with Crippen LogP contribution in [0.2, 0.25) is 0 Å².